The van der Waals surface area contributed by atoms with E-state index in [0.29, 0.717) is 10.8 Å². The second-order valence-electron chi connectivity index (χ2n) is 7.57. The summed E-state index contributed by atoms with van der Waals surface area (Å²) in [6.45, 7) is 1.91. The molecule has 0 unspecified atom stereocenters. The molecule has 0 saturated carbocycles. The molecule has 0 aliphatic carbocycles. The first kappa shape index (κ1) is 19.4. The van der Waals surface area contributed by atoms with Crippen LogP contribution in [0.5, 0.6) is 0 Å². The zero-order valence-corrected chi connectivity index (χ0v) is 17.9. The zero-order chi connectivity index (χ0) is 21.5. The number of imidazole rings is 1. The van der Waals surface area contributed by atoms with Crippen molar-refractivity contribution in [1.82, 2.24) is 14.9 Å². The molecule has 3 aromatic carbocycles. The monoisotopic (exact) mass is 429 g/mol. The minimum Gasteiger partial charge on any atom is -0.450 e. The molecular formula is C25H20ClN3O2. The van der Waals surface area contributed by atoms with Gasteiger partial charge in [0, 0.05) is 40.8 Å². The molecule has 0 aliphatic heterocycles. The molecule has 5 aromatic rings. The lowest BCUT2D eigenvalue weighted by Gasteiger charge is -2.19. The zero-order valence-electron chi connectivity index (χ0n) is 17.1. The molecule has 0 bridgehead atoms. The molecular weight excluding hydrogens is 410 g/mol. The van der Waals surface area contributed by atoms with Gasteiger partial charge >= 0.3 is 0 Å². The number of nitrogens with one attached hydrogen (secondary N) is 1. The van der Waals surface area contributed by atoms with Crippen LogP contribution in [0, 0.1) is 6.92 Å². The standard InChI is InChI=1S/C25H20ClN3O2/c1-15-19-12-9-16-5-3-4-6-20(16)23(19)31-22(15)25(30)28-21(24-27-13-14-29(24)2)17-7-10-18(26)11-8-17/h3-14,21H,1-2H3,(H,28,30)/t21-/m0/s1. The molecule has 2 aromatic heterocycles. The Hall–Kier alpha value is -3.57. The van der Waals surface area contributed by atoms with E-state index in [0.717, 1.165) is 38.7 Å². The fourth-order valence-corrected chi connectivity index (χ4v) is 4.10. The third-order valence-electron chi connectivity index (χ3n) is 5.63. The quantitative estimate of drug-likeness (QED) is 0.392. The number of furan rings is 1. The molecule has 2 heterocycles. The third kappa shape index (κ3) is 3.37. The molecule has 1 atom stereocenters. The number of rotatable bonds is 4. The topological polar surface area (TPSA) is 60.1 Å². The average molecular weight is 430 g/mol. The van der Waals surface area contributed by atoms with E-state index in [2.05, 4.69) is 10.3 Å². The van der Waals surface area contributed by atoms with Gasteiger partial charge in [-0.05, 0) is 30.0 Å². The van der Waals surface area contributed by atoms with Gasteiger partial charge in [0.2, 0.25) is 0 Å². The maximum Gasteiger partial charge on any atom is 0.288 e. The molecule has 6 heteroatoms. The van der Waals surface area contributed by atoms with Gasteiger partial charge in [0.15, 0.2) is 5.76 Å². The van der Waals surface area contributed by atoms with E-state index in [1.165, 1.54) is 0 Å². The maximum atomic E-state index is 13.4. The van der Waals surface area contributed by atoms with Crippen molar-refractivity contribution in [2.45, 2.75) is 13.0 Å². The molecule has 0 saturated heterocycles. The molecule has 5 rings (SSSR count). The highest BCUT2D eigenvalue weighted by Crippen LogP contribution is 2.32. The van der Waals surface area contributed by atoms with Gasteiger partial charge in [-0.15, -0.1) is 0 Å². The van der Waals surface area contributed by atoms with Gasteiger partial charge in [0.05, 0.1) is 0 Å². The van der Waals surface area contributed by atoms with Crippen molar-refractivity contribution in [3.63, 3.8) is 0 Å². The number of fused-ring (bicyclic) bond motifs is 3. The average Bonchev–Trinajstić information content (AvgIpc) is 3.36. The number of nitrogens with zero attached hydrogens (tertiary/aromatic N) is 2. The predicted octanol–water partition coefficient (Wildman–Crippen LogP) is 5.80. The van der Waals surface area contributed by atoms with E-state index in [1.54, 1.807) is 18.3 Å². The second kappa shape index (κ2) is 7.60. The summed E-state index contributed by atoms with van der Waals surface area (Å²) in [6, 6.07) is 19.0. The minimum absolute atomic E-state index is 0.291. The Morgan fingerprint density at radius 3 is 2.58 bits per heavy atom. The summed E-state index contributed by atoms with van der Waals surface area (Å²) in [7, 11) is 1.90. The van der Waals surface area contributed by atoms with Gasteiger partial charge in [-0.25, -0.2) is 4.98 Å². The van der Waals surface area contributed by atoms with Gasteiger partial charge < -0.3 is 14.3 Å². The Labute approximate surface area is 184 Å². The van der Waals surface area contributed by atoms with Crippen LogP contribution >= 0.6 is 11.6 Å². The molecule has 5 nitrogen and oxygen atoms in total. The first-order valence-electron chi connectivity index (χ1n) is 9.97. The predicted molar refractivity (Wildman–Crippen MR) is 122 cm³/mol. The van der Waals surface area contributed by atoms with E-state index >= 15 is 0 Å². The molecule has 1 N–H and O–H groups in total. The summed E-state index contributed by atoms with van der Waals surface area (Å²) in [5, 5.41) is 6.73. The van der Waals surface area contributed by atoms with Gasteiger partial charge in [0.1, 0.15) is 17.4 Å². The number of aromatic nitrogens is 2. The van der Waals surface area contributed by atoms with Crippen LogP contribution in [0.2, 0.25) is 5.02 Å². The van der Waals surface area contributed by atoms with Crippen LogP contribution in [0.25, 0.3) is 21.7 Å². The lowest BCUT2D eigenvalue weighted by atomic mass is 10.0. The van der Waals surface area contributed by atoms with Crippen molar-refractivity contribution in [3.8, 4) is 0 Å². The Balaban J connectivity index is 1.57. The van der Waals surface area contributed by atoms with Gasteiger partial charge in [-0.2, -0.15) is 0 Å². The first-order chi connectivity index (χ1) is 15.0. The number of benzene rings is 3. The smallest absolute Gasteiger partial charge is 0.288 e. The van der Waals surface area contributed by atoms with Gasteiger partial charge in [-0.1, -0.05) is 60.1 Å². The van der Waals surface area contributed by atoms with Crippen molar-refractivity contribution in [2.24, 2.45) is 7.05 Å². The minimum atomic E-state index is -0.450. The number of carbonyl (C=O) groups is 1. The van der Waals surface area contributed by atoms with Gasteiger partial charge in [-0.3, -0.25) is 4.79 Å². The van der Waals surface area contributed by atoms with Gasteiger partial charge in [0.25, 0.3) is 5.91 Å². The van der Waals surface area contributed by atoms with Crippen molar-refractivity contribution in [2.75, 3.05) is 0 Å². The van der Waals surface area contributed by atoms with Crippen LogP contribution in [-0.2, 0) is 7.05 Å². The van der Waals surface area contributed by atoms with E-state index in [1.807, 2.05) is 73.3 Å². The number of amides is 1. The van der Waals surface area contributed by atoms with E-state index in [9.17, 15) is 4.79 Å². The lowest BCUT2D eigenvalue weighted by Crippen LogP contribution is -2.31. The van der Waals surface area contributed by atoms with E-state index in [4.69, 9.17) is 16.0 Å². The summed E-state index contributed by atoms with van der Waals surface area (Å²) in [5.41, 5.74) is 2.42. The molecule has 1 amide bonds. The number of halogens is 1. The fraction of sp³-hybridized carbons (Fsp3) is 0.120. The van der Waals surface area contributed by atoms with E-state index in [-0.39, 0.29) is 5.91 Å². The number of carbonyl (C=O) groups excluding carboxylic acids is 1. The summed E-state index contributed by atoms with van der Waals surface area (Å²) in [6.07, 6.45) is 3.56. The summed E-state index contributed by atoms with van der Waals surface area (Å²) < 4.78 is 8.00. The van der Waals surface area contributed by atoms with E-state index < -0.39 is 6.04 Å². The second-order valence-corrected chi connectivity index (χ2v) is 8.01. The Bertz CT molecular complexity index is 1420. The molecule has 0 radical (unpaired) electrons. The van der Waals surface area contributed by atoms with Crippen LogP contribution in [0.1, 0.15) is 33.5 Å². The molecule has 154 valence electrons. The normalized spacial score (nSPS) is 12.4. The van der Waals surface area contributed by atoms with Crippen molar-refractivity contribution >= 4 is 39.2 Å². The fourth-order valence-electron chi connectivity index (χ4n) is 3.97. The number of hydrogen-bond donors (Lipinski definition) is 1. The Morgan fingerprint density at radius 2 is 1.84 bits per heavy atom. The van der Waals surface area contributed by atoms with Crippen LogP contribution in [-0.4, -0.2) is 15.5 Å². The summed E-state index contributed by atoms with van der Waals surface area (Å²) in [4.78, 5) is 17.8. The Morgan fingerprint density at radius 1 is 1.06 bits per heavy atom. The van der Waals surface area contributed by atoms with Crippen LogP contribution in [0.4, 0.5) is 0 Å². The third-order valence-corrected chi connectivity index (χ3v) is 5.88. The maximum absolute atomic E-state index is 13.4. The van der Waals surface area contributed by atoms with Crippen LogP contribution in [0.15, 0.2) is 77.5 Å². The van der Waals surface area contributed by atoms with Crippen LogP contribution in [0.3, 0.4) is 0 Å². The highest BCUT2D eigenvalue weighted by atomic mass is 35.5. The number of aryl methyl sites for hydroxylation is 2. The molecule has 0 spiro atoms. The summed E-state index contributed by atoms with van der Waals surface area (Å²) >= 11 is 6.06. The van der Waals surface area contributed by atoms with Crippen molar-refractivity contribution < 1.29 is 9.21 Å². The van der Waals surface area contributed by atoms with Crippen LogP contribution < -0.4 is 5.32 Å². The molecule has 31 heavy (non-hydrogen) atoms. The highest BCUT2D eigenvalue weighted by Gasteiger charge is 2.25. The SMILES string of the molecule is Cc1c(C(=O)N[C@@H](c2ccc(Cl)cc2)c2nccn2C)oc2c1ccc1ccccc12. The lowest BCUT2D eigenvalue weighted by molar-refractivity contribution is 0.0914. The first-order valence-corrected chi connectivity index (χ1v) is 10.3. The molecule has 0 aliphatic rings. The summed E-state index contributed by atoms with van der Waals surface area (Å²) in [5.74, 6) is 0.732. The number of hydrogen-bond acceptors (Lipinski definition) is 3. The van der Waals surface area contributed by atoms with Crippen molar-refractivity contribution in [1.29, 1.82) is 0 Å². The highest BCUT2D eigenvalue weighted by molar-refractivity contribution is 6.30. The Kier molecular flexibility index (Phi) is 4.75. The molecule has 0 fully saturated rings. The van der Waals surface area contributed by atoms with Crippen molar-refractivity contribution in [3.05, 3.63) is 101 Å². The largest absolute Gasteiger partial charge is 0.450 e.